The van der Waals surface area contributed by atoms with Gasteiger partial charge in [0.2, 0.25) is 10.0 Å². The molecule has 4 aromatic rings. The maximum atomic E-state index is 14.0. The molecule has 0 aliphatic heterocycles. The Morgan fingerprint density at radius 2 is 1.36 bits per heavy atom. The molecule has 1 aliphatic rings. The van der Waals surface area contributed by atoms with Gasteiger partial charge in [-0.05, 0) is 52.9 Å². The molecule has 5 rings (SSSR count). The molecule has 7 heteroatoms. The Hall–Kier alpha value is -3.45. The summed E-state index contributed by atoms with van der Waals surface area (Å²) in [4.78, 5) is 12.8. The standard InChI is InChI=1S/C29H24ClNO4S/c30-25-15-11-22(12-16-25)23-13-17-26(18-14-23)36(34,35)31(20-21-7-3-1-4-8-21)29(28(32)33)19-27(29)24-9-5-2-6-10-24/h1-18,27H,19-20H2,(H,32,33)/t27-,29+/m0/s1. The molecule has 0 heterocycles. The normalized spacial score (nSPS) is 19.2. The number of aliphatic carboxylic acids is 1. The topological polar surface area (TPSA) is 74.7 Å². The number of carbonyl (C=O) groups is 1. The van der Waals surface area contributed by atoms with Gasteiger partial charge in [0.1, 0.15) is 5.54 Å². The lowest BCUT2D eigenvalue weighted by molar-refractivity contribution is -0.143. The van der Waals surface area contributed by atoms with E-state index in [4.69, 9.17) is 11.6 Å². The minimum absolute atomic E-state index is 0.0439. The van der Waals surface area contributed by atoms with E-state index < -0.39 is 27.4 Å². The van der Waals surface area contributed by atoms with Crippen LogP contribution in [0.3, 0.4) is 0 Å². The van der Waals surface area contributed by atoms with E-state index in [0.717, 1.165) is 22.3 Å². The van der Waals surface area contributed by atoms with Crippen molar-refractivity contribution in [2.45, 2.75) is 29.3 Å². The molecule has 1 aliphatic carbocycles. The number of sulfonamides is 1. The van der Waals surface area contributed by atoms with Crippen LogP contribution in [0.25, 0.3) is 11.1 Å². The van der Waals surface area contributed by atoms with Crippen LogP contribution in [0.1, 0.15) is 23.5 Å². The van der Waals surface area contributed by atoms with Crippen molar-refractivity contribution in [1.29, 1.82) is 0 Å². The van der Waals surface area contributed by atoms with Crippen LogP contribution < -0.4 is 0 Å². The van der Waals surface area contributed by atoms with Gasteiger partial charge in [-0.2, -0.15) is 4.31 Å². The van der Waals surface area contributed by atoms with E-state index in [1.165, 1.54) is 16.4 Å². The lowest BCUT2D eigenvalue weighted by atomic mass is 10.1. The van der Waals surface area contributed by atoms with E-state index in [-0.39, 0.29) is 17.9 Å². The highest BCUT2D eigenvalue weighted by Crippen LogP contribution is 2.57. The summed E-state index contributed by atoms with van der Waals surface area (Å²) in [5.74, 6) is -1.59. The third-order valence-corrected chi connectivity index (χ3v) is 8.89. The predicted molar refractivity (Wildman–Crippen MR) is 140 cm³/mol. The SMILES string of the molecule is O=C(O)[C@@]1(N(Cc2ccccc2)S(=O)(=O)c2ccc(-c3ccc(Cl)cc3)cc2)C[C@H]1c1ccccc1. The molecule has 0 saturated heterocycles. The van der Waals surface area contributed by atoms with Gasteiger partial charge in [0.15, 0.2) is 0 Å². The molecule has 0 unspecified atom stereocenters. The minimum atomic E-state index is -4.15. The van der Waals surface area contributed by atoms with Gasteiger partial charge in [0, 0.05) is 17.5 Å². The molecule has 0 radical (unpaired) electrons. The molecule has 1 fully saturated rings. The van der Waals surface area contributed by atoms with Gasteiger partial charge >= 0.3 is 5.97 Å². The molecule has 1 N–H and O–H groups in total. The van der Waals surface area contributed by atoms with Crippen LogP contribution in [0, 0.1) is 0 Å². The first-order chi connectivity index (χ1) is 17.3. The quantitative estimate of drug-likeness (QED) is 0.301. The van der Waals surface area contributed by atoms with Crippen LogP contribution in [0.4, 0.5) is 0 Å². The molecule has 0 bridgehead atoms. The maximum Gasteiger partial charge on any atom is 0.325 e. The van der Waals surface area contributed by atoms with Crippen LogP contribution in [0.5, 0.6) is 0 Å². The zero-order chi connectivity index (χ0) is 25.3. The fourth-order valence-corrected chi connectivity index (χ4v) is 6.62. The molecular formula is C29H24ClNO4S. The molecule has 0 spiro atoms. The number of carboxylic acid groups (broad SMARTS) is 1. The van der Waals surface area contributed by atoms with Crippen LogP contribution in [0.2, 0.25) is 5.02 Å². The van der Waals surface area contributed by atoms with Crippen LogP contribution in [0.15, 0.2) is 114 Å². The Labute approximate surface area is 215 Å². The number of halogens is 1. The molecule has 182 valence electrons. The molecule has 0 aromatic heterocycles. The van der Waals surface area contributed by atoms with Crippen molar-refractivity contribution < 1.29 is 18.3 Å². The second kappa shape index (κ2) is 9.54. The Bertz CT molecular complexity index is 1470. The fourth-order valence-electron chi connectivity index (χ4n) is 4.73. The van der Waals surface area contributed by atoms with Crippen LogP contribution in [-0.2, 0) is 21.4 Å². The molecular weight excluding hydrogens is 494 g/mol. The van der Waals surface area contributed by atoms with Crippen molar-refractivity contribution >= 4 is 27.6 Å². The number of hydrogen-bond donors (Lipinski definition) is 1. The number of benzene rings is 4. The summed E-state index contributed by atoms with van der Waals surface area (Å²) in [6.45, 7) is -0.0439. The van der Waals surface area contributed by atoms with Crippen molar-refractivity contribution in [3.63, 3.8) is 0 Å². The monoisotopic (exact) mass is 517 g/mol. The summed E-state index contributed by atoms with van der Waals surface area (Å²) in [6, 6.07) is 32.1. The van der Waals surface area contributed by atoms with Crippen LogP contribution >= 0.6 is 11.6 Å². The van der Waals surface area contributed by atoms with Gasteiger partial charge in [-0.25, -0.2) is 8.42 Å². The van der Waals surface area contributed by atoms with Gasteiger partial charge in [0.25, 0.3) is 0 Å². The van der Waals surface area contributed by atoms with Crippen molar-refractivity contribution in [1.82, 2.24) is 4.31 Å². The highest BCUT2D eigenvalue weighted by atomic mass is 35.5. The van der Waals surface area contributed by atoms with E-state index in [0.29, 0.717) is 5.02 Å². The summed E-state index contributed by atoms with van der Waals surface area (Å²) in [5, 5.41) is 11.0. The summed E-state index contributed by atoms with van der Waals surface area (Å²) < 4.78 is 29.3. The third kappa shape index (κ3) is 4.44. The van der Waals surface area contributed by atoms with E-state index in [2.05, 4.69) is 0 Å². The predicted octanol–water partition coefficient (Wildman–Crippen LogP) is 6.21. The minimum Gasteiger partial charge on any atom is -0.480 e. The Morgan fingerprint density at radius 3 is 1.92 bits per heavy atom. The highest BCUT2D eigenvalue weighted by Gasteiger charge is 2.67. The summed E-state index contributed by atoms with van der Waals surface area (Å²) in [7, 11) is -4.15. The first-order valence-corrected chi connectivity index (χ1v) is 13.4. The van der Waals surface area contributed by atoms with Gasteiger partial charge in [0.05, 0.1) is 4.90 Å². The summed E-state index contributed by atoms with van der Waals surface area (Å²) in [5.41, 5.74) is 1.70. The Kier molecular flexibility index (Phi) is 6.43. The lowest BCUT2D eigenvalue weighted by Crippen LogP contribution is -2.48. The highest BCUT2D eigenvalue weighted by molar-refractivity contribution is 7.89. The summed E-state index contributed by atoms with van der Waals surface area (Å²) in [6.07, 6.45) is 0.210. The van der Waals surface area contributed by atoms with E-state index in [1.807, 2.05) is 72.8 Å². The van der Waals surface area contributed by atoms with Crippen molar-refractivity contribution in [3.8, 4) is 11.1 Å². The van der Waals surface area contributed by atoms with Crippen molar-refractivity contribution in [3.05, 3.63) is 125 Å². The van der Waals surface area contributed by atoms with Gasteiger partial charge in [-0.1, -0.05) is 96.5 Å². The number of rotatable bonds is 8. The van der Waals surface area contributed by atoms with Gasteiger partial charge < -0.3 is 5.11 Å². The summed E-state index contributed by atoms with van der Waals surface area (Å²) >= 11 is 5.98. The Morgan fingerprint density at radius 1 is 0.833 bits per heavy atom. The number of hydrogen-bond acceptors (Lipinski definition) is 3. The van der Waals surface area contributed by atoms with Crippen molar-refractivity contribution in [2.75, 3.05) is 0 Å². The molecule has 1 saturated carbocycles. The molecule has 2 atom stereocenters. The van der Waals surface area contributed by atoms with Gasteiger partial charge in [-0.3, -0.25) is 4.79 Å². The second-order valence-corrected chi connectivity index (χ2v) is 11.2. The Balaban J connectivity index is 1.56. The molecule has 0 amide bonds. The molecule has 5 nitrogen and oxygen atoms in total. The number of nitrogens with zero attached hydrogens (tertiary/aromatic N) is 1. The maximum absolute atomic E-state index is 14.0. The first kappa shape index (κ1) is 24.3. The second-order valence-electron chi connectivity index (χ2n) is 8.93. The largest absolute Gasteiger partial charge is 0.480 e. The number of carboxylic acids is 1. The van der Waals surface area contributed by atoms with E-state index in [1.54, 1.807) is 24.3 Å². The fraction of sp³-hybridized carbons (Fsp3) is 0.138. The van der Waals surface area contributed by atoms with Crippen LogP contribution in [-0.4, -0.2) is 29.3 Å². The van der Waals surface area contributed by atoms with E-state index in [9.17, 15) is 18.3 Å². The van der Waals surface area contributed by atoms with Crippen molar-refractivity contribution in [2.24, 2.45) is 0 Å². The first-order valence-electron chi connectivity index (χ1n) is 11.5. The van der Waals surface area contributed by atoms with Gasteiger partial charge in [-0.15, -0.1) is 0 Å². The average Bonchev–Trinajstić information content (AvgIpc) is 3.66. The smallest absolute Gasteiger partial charge is 0.325 e. The zero-order valence-corrected chi connectivity index (χ0v) is 20.9. The molecule has 4 aromatic carbocycles. The lowest BCUT2D eigenvalue weighted by Gasteiger charge is -2.30. The third-order valence-electron chi connectivity index (χ3n) is 6.74. The zero-order valence-electron chi connectivity index (χ0n) is 19.3. The van der Waals surface area contributed by atoms with E-state index >= 15 is 0 Å². The molecule has 36 heavy (non-hydrogen) atoms. The average molecular weight is 518 g/mol.